The summed E-state index contributed by atoms with van der Waals surface area (Å²) in [5.41, 5.74) is 2.12. The first-order valence-corrected chi connectivity index (χ1v) is 10.3. The van der Waals surface area contributed by atoms with Crippen molar-refractivity contribution in [2.75, 3.05) is 12.4 Å². The average Bonchev–Trinajstić information content (AvgIpc) is 3.47. The fraction of sp³-hybridized carbons (Fsp3) is 0.100. The topological polar surface area (TPSA) is 86.1 Å². The number of thiazole rings is 1. The SMILES string of the molecule is COC(=O)c1nc(NC(=O)c2cc(-c3cccs3)nn2C)sc1-c1ccccc1. The lowest BCUT2D eigenvalue weighted by Gasteiger charge is -2.01. The number of aromatic nitrogens is 3. The molecule has 0 fully saturated rings. The summed E-state index contributed by atoms with van der Waals surface area (Å²) in [4.78, 5) is 30.9. The predicted octanol–water partition coefficient (Wildman–Crippen LogP) is 4.31. The summed E-state index contributed by atoms with van der Waals surface area (Å²) in [6.07, 6.45) is 0. The van der Waals surface area contributed by atoms with Crippen molar-refractivity contribution in [3.63, 3.8) is 0 Å². The van der Waals surface area contributed by atoms with Gasteiger partial charge in [-0.1, -0.05) is 47.7 Å². The smallest absolute Gasteiger partial charge is 0.358 e. The molecule has 0 unspecified atom stereocenters. The van der Waals surface area contributed by atoms with Gasteiger partial charge in [0.25, 0.3) is 5.91 Å². The van der Waals surface area contributed by atoms with Crippen LogP contribution < -0.4 is 5.32 Å². The highest BCUT2D eigenvalue weighted by Gasteiger charge is 2.22. The fourth-order valence-electron chi connectivity index (χ4n) is 2.78. The zero-order valence-electron chi connectivity index (χ0n) is 15.6. The molecule has 0 aliphatic heterocycles. The third-order valence-electron chi connectivity index (χ3n) is 4.15. The quantitative estimate of drug-likeness (QED) is 0.483. The van der Waals surface area contributed by atoms with Crippen molar-refractivity contribution < 1.29 is 14.3 Å². The van der Waals surface area contributed by atoms with Gasteiger partial charge in [-0.2, -0.15) is 5.10 Å². The van der Waals surface area contributed by atoms with E-state index in [0.717, 1.165) is 16.1 Å². The number of hydrogen-bond donors (Lipinski definition) is 1. The molecule has 146 valence electrons. The van der Waals surface area contributed by atoms with Gasteiger partial charge in [-0.05, 0) is 23.1 Å². The molecule has 3 aromatic heterocycles. The number of thiophene rings is 1. The summed E-state index contributed by atoms with van der Waals surface area (Å²) in [5.74, 6) is -0.909. The molecule has 4 rings (SSSR count). The summed E-state index contributed by atoms with van der Waals surface area (Å²) in [5, 5.41) is 9.44. The number of benzene rings is 1. The number of rotatable bonds is 5. The molecule has 1 amide bonds. The second-order valence-electron chi connectivity index (χ2n) is 6.02. The van der Waals surface area contributed by atoms with E-state index in [4.69, 9.17) is 4.74 Å². The van der Waals surface area contributed by atoms with Crippen molar-refractivity contribution in [1.82, 2.24) is 14.8 Å². The maximum Gasteiger partial charge on any atom is 0.358 e. The molecule has 7 nitrogen and oxygen atoms in total. The minimum absolute atomic E-state index is 0.170. The largest absolute Gasteiger partial charge is 0.464 e. The van der Waals surface area contributed by atoms with E-state index in [-0.39, 0.29) is 11.6 Å². The van der Waals surface area contributed by atoms with Crippen LogP contribution in [-0.2, 0) is 11.8 Å². The Morgan fingerprint density at radius 1 is 1.14 bits per heavy atom. The molecule has 4 aromatic rings. The number of aryl methyl sites for hydroxylation is 1. The van der Waals surface area contributed by atoms with Gasteiger partial charge in [0.15, 0.2) is 10.8 Å². The molecule has 0 atom stereocenters. The van der Waals surface area contributed by atoms with Crippen LogP contribution in [0, 0.1) is 0 Å². The lowest BCUT2D eigenvalue weighted by Crippen LogP contribution is -2.16. The first-order chi connectivity index (χ1) is 14.1. The van der Waals surface area contributed by atoms with Gasteiger partial charge < -0.3 is 4.74 Å². The molecule has 1 aromatic carbocycles. The summed E-state index contributed by atoms with van der Waals surface area (Å²) in [6.45, 7) is 0. The summed E-state index contributed by atoms with van der Waals surface area (Å²) < 4.78 is 6.37. The van der Waals surface area contributed by atoms with Crippen molar-refractivity contribution in [2.45, 2.75) is 0 Å². The number of methoxy groups -OCH3 is 1. The molecule has 0 saturated carbocycles. The van der Waals surface area contributed by atoms with Crippen LogP contribution in [0.15, 0.2) is 53.9 Å². The van der Waals surface area contributed by atoms with E-state index in [1.54, 1.807) is 24.5 Å². The van der Waals surface area contributed by atoms with Gasteiger partial charge in [0.05, 0.1) is 16.9 Å². The van der Waals surface area contributed by atoms with Gasteiger partial charge in [-0.25, -0.2) is 9.78 Å². The first kappa shape index (κ1) is 19.0. The van der Waals surface area contributed by atoms with E-state index >= 15 is 0 Å². The highest BCUT2D eigenvalue weighted by atomic mass is 32.1. The van der Waals surface area contributed by atoms with Crippen molar-refractivity contribution in [1.29, 1.82) is 0 Å². The number of anilines is 1. The van der Waals surface area contributed by atoms with Crippen LogP contribution in [0.5, 0.6) is 0 Å². The highest BCUT2D eigenvalue weighted by molar-refractivity contribution is 7.19. The number of amides is 1. The van der Waals surface area contributed by atoms with Crippen LogP contribution >= 0.6 is 22.7 Å². The fourth-order valence-corrected chi connectivity index (χ4v) is 4.41. The number of carbonyl (C=O) groups is 2. The Bertz CT molecular complexity index is 1160. The minimum atomic E-state index is -0.555. The Morgan fingerprint density at radius 3 is 2.62 bits per heavy atom. The highest BCUT2D eigenvalue weighted by Crippen LogP contribution is 2.34. The number of hydrogen-bond acceptors (Lipinski definition) is 7. The summed E-state index contributed by atoms with van der Waals surface area (Å²) >= 11 is 2.77. The lowest BCUT2D eigenvalue weighted by atomic mass is 10.1. The zero-order chi connectivity index (χ0) is 20.4. The Morgan fingerprint density at radius 2 is 1.93 bits per heavy atom. The van der Waals surface area contributed by atoms with Crippen LogP contribution in [0.25, 0.3) is 21.0 Å². The molecule has 0 saturated heterocycles. The van der Waals surface area contributed by atoms with Gasteiger partial charge in [0.2, 0.25) is 0 Å². The van der Waals surface area contributed by atoms with Gasteiger partial charge in [-0.15, -0.1) is 11.3 Å². The second kappa shape index (κ2) is 7.98. The maximum absolute atomic E-state index is 12.8. The number of carbonyl (C=O) groups excluding carboxylic acids is 2. The molecule has 0 aliphatic carbocycles. The van der Waals surface area contributed by atoms with Crippen LogP contribution in [0.3, 0.4) is 0 Å². The molecule has 1 N–H and O–H groups in total. The molecule has 3 heterocycles. The maximum atomic E-state index is 12.8. The normalized spacial score (nSPS) is 10.7. The lowest BCUT2D eigenvalue weighted by molar-refractivity contribution is 0.0595. The first-order valence-electron chi connectivity index (χ1n) is 8.60. The van der Waals surface area contributed by atoms with Crippen LogP contribution in [0.2, 0.25) is 0 Å². The molecular weight excluding hydrogens is 408 g/mol. The molecule has 0 spiro atoms. The van der Waals surface area contributed by atoms with Crippen molar-refractivity contribution in [2.24, 2.45) is 7.05 Å². The van der Waals surface area contributed by atoms with E-state index in [9.17, 15) is 9.59 Å². The molecule has 0 radical (unpaired) electrons. The molecular formula is C20H16N4O3S2. The zero-order valence-corrected chi connectivity index (χ0v) is 17.2. The van der Waals surface area contributed by atoms with E-state index < -0.39 is 5.97 Å². The third-order valence-corrected chi connectivity index (χ3v) is 6.06. The van der Waals surface area contributed by atoms with Crippen molar-refractivity contribution in [3.05, 3.63) is 65.3 Å². The van der Waals surface area contributed by atoms with Gasteiger partial charge in [0, 0.05) is 7.05 Å². The Kier molecular flexibility index (Phi) is 5.24. The van der Waals surface area contributed by atoms with Crippen LogP contribution in [0.4, 0.5) is 5.13 Å². The van der Waals surface area contributed by atoms with E-state index in [1.807, 2.05) is 47.8 Å². The van der Waals surface area contributed by atoms with E-state index in [2.05, 4.69) is 15.4 Å². The number of esters is 1. The molecule has 0 bridgehead atoms. The summed E-state index contributed by atoms with van der Waals surface area (Å²) in [7, 11) is 3.01. The molecule has 9 heteroatoms. The summed E-state index contributed by atoms with van der Waals surface area (Å²) in [6, 6.07) is 15.0. The van der Waals surface area contributed by atoms with Crippen LogP contribution in [-0.4, -0.2) is 33.8 Å². The van der Waals surface area contributed by atoms with Gasteiger partial charge >= 0.3 is 5.97 Å². The minimum Gasteiger partial charge on any atom is -0.464 e. The van der Waals surface area contributed by atoms with E-state index in [0.29, 0.717) is 15.7 Å². The Labute approximate surface area is 174 Å². The number of nitrogens with one attached hydrogen (secondary N) is 1. The molecule has 0 aliphatic rings. The predicted molar refractivity (Wildman–Crippen MR) is 113 cm³/mol. The Balaban J connectivity index is 1.64. The standard InChI is InChI=1S/C20H16N4O3S2/c1-24-14(11-13(23-24)15-9-6-10-28-15)18(25)22-20-21-16(19(26)27-2)17(29-20)12-7-4-3-5-8-12/h3-11H,1-2H3,(H,21,22,25). The Hall–Kier alpha value is -3.30. The molecule has 29 heavy (non-hydrogen) atoms. The van der Waals surface area contributed by atoms with Crippen molar-refractivity contribution in [3.8, 4) is 21.0 Å². The number of nitrogens with zero attached hydrogens (tertiary/aromatic N) is 3. The van der Waals surface area contributed by atoms with Gasteiger partial charge in [-0.3, -0.25) is 14.8 Å². The average molecular weight is 425 g/mol. The van der Waals surface area contributed by atoms with Crippen molar-refractivity contribution >= 4 is 39.7 Å². The van der Waals surface area contributed by atoms with Crippen LogP contribution in [0.1, 0.15) is 21.0 Å². The monoisotopic (exact) mass is 424 g/mol. The number of ether oxygens (including phenoxy) is 1. The second-order valence-corrected chi connectivity index (χ2v) is 7.97. The third kappa shape index (κ3) is 3.82. The van der Waals surface area contributed by atoms with E-state index in [1.165, 1.54) is 23.1 Å². The van der Waals surface area contributed by atoms with Gasteiger partial charge in [0.1, 0.15) is 11.4 Å².